The standard InChI is InChI=1S/C32H62O16/c1-3-4-32(34)48-30-29-47-28-27-46-26-25-45-24-23-44-22-21-43-20-19-42-18-17-41-16-15-40-14-13-39-12-11-38-10-9-37-8-7-36-6-5-31(33)35-2/h3-30H2,1-2H3. The van der Waals surface area contributed by atoms with E-state index in [1.165, 1.54) is 7.11 Å². The number of carbonyl (C=O) groups excluding carboxylic acids is 2. The van der Waals surface area contributed by atoms with Crippen molar-refractivity contribution < 1.29 is 75.9 Å². The van der Waals surface area contributed by atoms with Crippen LogP contribution in [0.5, 0.6) is 0 Å². The van der Waals surface area contributed by atoms with Crippen molar-refractivity contribution in [1.82, 2.24) is 0 Å². The first kappa shape index (κ1) is 46.5. The maximum atomic E-state index is 11.2. The molecule has 0 radical (unpaired) electrons. The van der Waals surface area contributed by atoms with Gasteiger partial charge in [-0.2, -0.15) is 0 Å². The molecule has 0 bridgehead atoms. The molecule has 0 aliphatic carbocycles. The van der Waals surface area contributed by atoms with E-state index in [0.29, 0.717) is 165 Å². The van der Waals surface area contributed by atoms with Crippen molar-refractivity contribution >= 4 is 11.9 Å². The fourth-order valence-corrected chi connectivity index (χ4v) is 3.27. The minimum absolute atomic E-state index is 0.192. The molecule has 0 atom stereocenters. The Morgan fingerprint density at radius 2 is 0.542 bits per heavy atom. The van der Waals surface area contributed by atoms with Crippen LogP contribution >= 0.6 is 0 Å². The highest BCUT2D eigenvalue weighted by atomic mass is 16.6. The van der Waals surface area contributed by atoms with Gasteiger partial charge in [0.2, 0.25) is 0 Å². The minimum atomic E-state index is -0.289. The average molecular weight is 703 g/mol. The molecule has 0 aromatic carbocycles. The highest BCUT2D eigenvalue weighted by Gasteiger charge is 2.01. The Morgan fingerprint density at radius 3 is 0.771 bits per heavy atom. The van der Waals surface area contributed by atoms with E-state index in [0.717, 1.165) is 6.42 Å². The number of esters is 2. The van der Waals surface area contributed by atoms with Crippen LogP contribution in [0, 0.1) is 0 Å². The lowest BCUT2D eigenvalue weighted by molar-refractivity contribution is -0.145. The van der Waals surface area contributed by atoms with Gasteiger partial charge in [0, 0.05) is 6.42 Å². The molecule has 286 valence electrons. The summed E-state index contributed by atoms with van der Waals surface area (Å²) in [5.41, 5.74) is 0. The van der Waals surface area contributed by atoms with E-state index in [1.54, 1.807) is 0 Å². The number of methoxy groups -OCH3 is 1. The molecule has 0 spiro atoms. The van der Waals surface area contributed by atoms with Crippen LogP contribution in [0.4, 0.5) is 0 Å². The molecule has 0 aliphatic heterocycles. The Balaban J connectivity index is 3.07. The first-order valence-corrected chi connectivity index (χ1v) is 16.9. The van der Waals surface area contributed by atoms with Crippen LogP contribution in [0.15, 0.2) is 0 Å². The summed E-state index contributed by atoms with van der Waals surface area (Å²) in [6, 6.07) is 0. The molecule has 0 saturated heterocycles. The van der Waals surface area contributed by atoms with Gasteiger partial charge in [-0.25, -0.2) is 0 Å². The van der Waals surface area contributed by atoms with Crippen molar-refractivity contribution in [2.24, 2.45) is 0 Å². The summed E-state index contributed by atoms with van der Waals surface area (Å²) in [5.74, 6) is -0.481. The van der Waals surface area contributed by atoms with Gasteiger partial charge >= 0.3 is 11.9 Å². The lowest BCUT2D eigenvalue weighted by Gasteiger charge is -2.09. The predicted molar refractivity (Wildman–Crippen MR) is 172 cm³/mol. The fraction of sp³-hybridized carbons (Fsp3) is 0.938. The lowest BCUT2D eigenvalue weighted by Crippen LogP contribution is -2.15. The number of ether oxygens (including phenoxy) is 14. The molecule has 0 heterocycles. The SMILES string of the molecule is CCCC(=O)OCCOCCOCCOCCOCCOCCOCCOCCOCCOCCOCCOCCOCCC(=O)OC. The molecule has 0 aromatic heterocycles. The van der Waals surface area contributed by atoms with E-state index in [1.807, 2.05) is 6.92 Å². The van der Waals surface area contributed by atoms with Crippen LogP contribution < -0.4 is 0 Å². The van der Waals surface area contributed by atoms with Gasteiger partial charge in [0.05, 0.1) is 172 Å². The number of hydrogen-bond donors (Lipinski definition) is 0. The minimum Gasteiger partial charge on any atom is -0.469 e. The predicted octanol–water partition coefficient (Wildman–Crippen LogP) is 1.09. The molecule has 16 nitrogen and oxygen atoms in total. The van der Waals surface area contributed by atoms with Gasteiger partial charge in [-0.05, 0) is 6.42 Å². The van der Waals surface area contributed by atoms with Crippen molar-refractivity contribution in [3.8, 4) is 0 Å². The molecule has 0 rings (SSSR count). The van der Waals surface area contributed by atoms with E-state index in [9.17, 15) is 9.59 Å². The summed E-state index contributed by atoms with van der Waals surface area (Å²) in [4.78, 5) is 22.1. The molecule has 0 N–H and O–H groups in total. The second-order valence-electron chi connectivity index (χ2n) is 9.65. The Labute approximate surface area is 286 Å². The summed E-state index contributed by atoms with van der Waals surface area (Å²) in [6.45, 7) is 13.4. The van der Waals surface area contributed by atoms with Gasteiger partial charge in [0.15, 0.2) is 0 Å². The van der Waals surface area contributed by atoms with Crippen molar-refractivity contribution in [3.63, 3.8) is 0 Å². The largest absolute Gasteiger partial charge is 0.469 e. The summed E-state index contributed by atoms with van der Waals surface area (Å²) < 4.78 is 74.5. The maximum Gasteiger partial charge on any atom is 0.307 e. The van der Waals surface area contributed by atoms with Gasteiger partial charge in [0.25, 0.3) is 0 Å². The quantitative estimate of drug-likeness (QED) is 0.0657. The Morgan fingerprint density at radius 1 is 0.312 bits per heavy atom. The van der Waals surface area contributed by atoms with E-state index in [4.69, 9.17) is 61.6 Å². The molecule has 0 unspecified atom stereocenters. The van der Waals surface area contributed by atoms with Gasteiger partial charge in [-0.3, -0.25) is 9.59 Å². The molecule has 0 aromatic rings. The van der Waals surface area contributed by atoms with Gasteiger partial charge < -0.3 is 66.3 Å². The molecular weight excluding hydrogens is 640 g/mol. The summed E-state index contributed by atoms with van der Waals surface area (Å²) >= 11 is 0. The topological polar surface area (TPSA) is 163 Å². The monoisotopic (exact) mass is 702 g/mol. The molecule has 48 heavy (non-hydrogen) atoms. The normalized spacial score (nSPS) is 11.3. The van der Waals surface area contributed by atoms with Crippen LogP contribution in [-0.2, 0) is 75.9 Å². The zero-order valence-corrected chi connectivity index (χ0v) is 29.3. The zero-order chi connectivity index (χ0) is 34.9. The molecular formula is C32H62O16. The Bertz CT molecular complexity index is 658. The van der Waals surface area contributed by atoms with Crippen molar-refractivity contribution in [2.75, 3.05) is 172 Å². The second-order valence-corrected chi connectivity index (χ2v) is 9.65. The van der Waals surface area contributed by atoms with Crippen molar-refractivity contribution in [3.05, 3.63) is 0 Å². The molecule has 16 heteroatoms. The summed E-state index contributed by atoms with van der Waals surface area (Å²) in [6.07, 6.45) is 1.46. The third-order valence-corrected chi connectivity index (χ3v) is 5.72. The molecule has 0 amide bonds. The summed E-state index contributed by atoms with van der Waals surface area (Å²) in [5, 5.41) is 0. The van der Waals surface area contributed by atoms with Crippen LogP contribution in [0.3, 0.4) is 0 Å². The Hall–Kier alpha value is -1.54. The van der Waals surface area contributed by atoms with Gasteiger partial charge in [0.1, 0.15) is 6.61 Å². The van der Waals surface area contributed by atoms with E-state index >= 15 is 0 Å². The van der Waals surface area contributed by atoms with Crippen molar-refractivity contribution in [2.45, 2.75) is 26.2 Å². The van der Waals surface area contributed by atoms with Crippen LogP contribution in [-0.4, -0.2) is 184 Å². The first-order chi connectivity index (χ1) is 23.7. The van der Waals surface area contributed by atoms with Crippen molar-refractivity contribution in [1.29, 1.82) is 0 Å². The molecule has 0 saturated carbocycles. The number of hydrogen-bond acceptors (Lipinski definition) is 16. The number of rotatable bonds is 41. The smallest absolute Gasteiger partial charge is 0.307 e. The fourth-order valence-electron chi connectivity index (χ4n) is 3.27. The first-order valence-electron chi connectivity index (χ1n) is 16.9. The lowest BCUT2D eigenvalue weighted by atomic mass is 10.3. The van der Waals surface area contributed by atoms with Crippen LogP contribution in [0.25, 0.3) is 0 Å². The third kappa shape index (κ3) is 40.6. The maximum absolute atomic E-state index is 11.2. The van der Waals surface area contributed by atoms with E-state index in [-0.39, 0.29) is 25.0 Å². The summed E-state index contributed by atoms with van der Waals surface area (Å²) in [7, 11) is 1.35. The zero-order valence-electron chi connectivity index (χ0n) is 29.3. The Kier molecular flexibility index (Phi) is 40.3. The third-order valence-electron chi connectivity index (χ3n) is 5.72. The average Bonchev–Trinajstić information content (AvgIpc) is 3.09. The highest BCUT2D eigenvalue weighted by molar-refractivity contribution is 5.69. The van der Waals surface area contributed by atoms with Gasteiger partial charge in [-0.1, -0.05) is 6.92 Å². The van der Waals surface area contributed by atoms with E-state index < -0.39 is 0 Å². The van der Waals surface area contributed by atoms with E-state index in [2.05, 4.69) is 4.74 Å². The highest BCUT2D eigenvalue weighted by Crippen LogP contribution is 1.92. The van der Waals surface area contributed by atoms with Crippen LogP contribution in [0.2, 0.25) is 0 Å². The second kappa shape index (κ2) is 41.6. The number of carbonyl (C=O) groups is 2. The van der Waals surface area contributed by atoms with Gasteiger partial charge in [-0.15, -0.1) is 0 Å². The van der Waals surface area contributed by atoms with Crippen LogP contribution in [0.1, 0.15) is 26.2 Å². The molecule has 0 fully saturated rings. The molecule has 0 aliphatic rings.